The number of hydrogen-bond donors (Lipinski definition) is 0. The highest BCUT2D eigenvalue weighted by Gasteiger charge is 2.25. The molecule has 6 nitrogen and oxygen atoms in total. The number of benzene rings is 2. The summed E-state index contributed by atoms with van der Waals surface area (Å²) in [6.07, 6.45) is 0. The van der Waals surface area contributed by atoms with Crippen molar-refractivity contribution in [1.29, 1.82) is 0 Å². The van der Waals surface area contributed by atoms with Crippen LogP contribution < -0.4 is 9.64 Å². The third kappa shape index (κ3) is 4.17. The summed E-state index contributed by atoms with van der Waals surface area (Å²) in [5.74, 6) is 1.27. The molecule has 0 N–H and O–H groups in total. The van der Waals surface area contributed by atoms with Crippen molar-refractivity contribution in [2.75, 3.05) is 38.2 Å². The summed E-state index contributed by atoms with van der Waals surface area (Å²) in [6, 6.07) is 19.0. The van der Waals surface area contributed by atoms with Crippen LogP contribution in [-0.4, -0.2) is 54.3 Å². The number of carbonyl (C=O) groups excluding carboxylic acids is 1. The quantitative estimate of drug-likeness (QED) is 0.657. The van der Waals surface area contributed by atoms with Crippen molar-refractivity contribution in [3.63, 3.8) is 0 Å². The number of hydrogen-bond acceptors (Lipinski definition) is 5. The minimum absolute atomic E-state index is 0.0745. The fourth-order valence-electron chi connectivity index (χ4n) is 3.41. The lowest BCUT2D eigenvalue weighted by Crippen LogP contribution is -2.49. The molecular weight excluding hydrogens is 388 g/mol. The Bertz CT molecular complexity index is 987. The van der Waals surface area contributed by atoms with Crippen LogP contribution in [0.25, 0.3) is 11.3 Å². The smallest absolute Gasteiger partial charge is 0.257 e. The number of halogens is 1. The molecule has 0 atom stereocenters. The van der Waals surface area contributed by atoms with E-state index in [1.807, 2.05) is 47.4 Å². The van der Waals surface area contributed by atoms with Crippen LogP contribution in [0.3, 0.4) is 0 Å². The van der Waals surface area contributed by atoms with Gasteiger partial charge in [-0.2, -0.15) is 0 Å². The van der Waals surface area contributed by atoms with E-state index < -0.39 is 0 Å². The minimum atomic E-state index is -0.0745. The maximum absolute atomic E-state index is 12.9. The Morgan fingerprint density at radius 1 is 0.966 bits per heavy atom. The largest absolute Gasteiger partial charge is 0.496 e. The number of nitrogens with zero attached hydrogens (tertiary/aromatic N) is 4. The van der Waals surface area contributed by atoms with Crippen LogP contribution in [0.5, 0.6) is 5.75 Å². The molecule has 0 aliphatic carbocycles. The van der Waals surface area contributed by atoms with E-state index in [9.17, 15) is 4.79 Å². The lowest BCUT2D eigenvalue weighted by atomic mass is 10.1. The van der Waals surface area contributed by atoms with E-state index in [1.54, 1.807) is 25.3 Å². The molecular formula is C22H21ClN4O2. The van der Waals surface area contributed by atoms with Crippen molar-refractivity contribution in [3.05, 3.63) is 71.2 Å². The van der Waals surface area contributed by atoms with Crippen LogP contribution in [0.1, 0.15) is 10.4 Å². The van der Waals surface area contributed by atoms with Crippen LogP contribution in [0.2, 0.25) is 5.02 Å². The van der Waals surface area contributed by atoms with Gasteiger partial charge in [0.2, 0.25) is 0 Å². The van der Waals surface area contributed by atoms with Gasteiger partial charge in [-0.15, -0.1) is 10.2 Å². The third-order valence-corrected chi connectivity index (χ3v) is 5.24. The fourth-order valence-corrected chi connectivity index (χ4v) is 3.59. The summed E-state index contributed by atoms with van der Waals surface area (Å²) in [4.78, 5) is 16.9. The Morgan fingerprint density at radius 3 is 2.38 bits per heavy atom. The third-order valence-electron chi connectivity index (χ3n) is 5.00. The molecule has 0 bridgehead atoms. The summed E-state index contributed by atoms with van der Waals surface area (Å²) >= 11 is 6.07. The predicted molar refractivity (Wildman–Crippen MR) is 114 cm³/mol. The molecule has 0 unspecified atom stereocenters. The van der Waals surface area contributed by atoms with Gasteiger partial charge in [0, 0.05) is 36.8 Å². The molecule has 148 valence electrons. The summed E-state index contributed by atoms with van der Waals surface area (Å²) in [6.45, 7) is 2.56. The van der Waals surface area contributed by atoms with E-state index in [2.05, 4.69) is 15.1 Å². The van der Waals surface area contributed by atoms with Gasteiger partial charge < -0.3 is 14.5 Å². The normalized spacial score (nSPS) is 14.0. The number of piperazine rings is 1. The van der Waals surface area contributed by atoms with Crippen molar-refractivity contribution >= 4 is 23.3 Å². The number of rotatable bonds is 4. The van der Waals surface area contributed by atoms with Crippen molar-refractivity contribution in [2.24, 2.45) is 0 Å². The zero-order valence-electron chi connectivity index (χ0n) is 16.1. The number of carbonyl (C=O) groups is 1. The first-order valence-corrected chi connectivity index (χ1v) is 9.80. The Hall–Kier alpha value is -3.12. The summed E-state index contributed by atoms with van der Waals surface area (Å²) < 4.78 is 5.32. The minimum Gasteiger partial charge on any atom is -0.496 e. The Labute approximate surface area is 174 Å². The highest BCUT2D eigenvalue weighted by molar-refractivity contribution is 6.31. The van der Waals surface area contributed by atoms with Gasteiger partial charge in [0.25, 0.3) is 5.91 Å². The molecule has 0 radical (unpaired) electrons. The molecule has 7 heteroatoms. The Morgan fingerprint density at radius 2 is 1.72 bits per heavy atom. The zero-order valence-corrected chi connectivity index (χ0v) is 16.8. The number of amides is 1. The molecule has 3 aromatic rings. The highest BCUT2D eigenvalue weighted by atomic mass is 35.5. The number of ether oxygens (including phenoxy) is 1. The monoisotopic (exact) mass is 408 g/mol. The van der Waals surface area contributed by atoms with Crippen LogP contribution in [-0.2, 0) is 0 Å². The SMILES string of the molecule is COc1ccc(Cl)cc1C(=O)N1CCN(c2ccc(-c3ccccc3)nn2)CC1. The van der Waals surface area contributed by atoms with E-state index in [1.165, 1.54) is 0 Å². The maximum atomic E-state index is 12.9. The molecule has 1 saturated heterocycles. The van der Waals surface area contributed by atoms with Gasteiger partial charge in [-0.25, -0.2) is 0 Å². The van der Waals surface area contributed by atoms with Gasteiger partial charge in [0.05, 0.1) is 18.4 Å². The Balaban J connectivity index is 1.42. The van der Waals surface area contributed by atoms with E-state index in [-0.39, 0.29) is 5.91 Å². The standard InChI is InChI=1S/C22H21ClN4O2/c1-29-20-9-7-17(23)15-18(20)22(28)27-13-11-26(12-14-27)21-10-8-19(24-25-21)16-5-3-2-4-6-16/h2-10,15H,11-14H2,1H3. The first kappa shape index (κ1) is 19.2. The number of methoxy groups -OCH3 is 1. The molecule has 29 heavy (non-hydrogen) atoms. The highest BCUT2D eigenvalue weighted by Crippen LogP contribution is 2.25. The molecule has 4 rings (SSSR count). The Kier molecular flexibility index (Phi) is 5.62. The maximum Gasteiger partial charge on any atom is 0.257 e. The van der Waals surface area contributed by atoms with Crippen LogP contribution in [0.4, 0.5) is 5.82 Å². The van der Waals surface area contributed by atoms with Crippen LogP contribution in [0, 0.1) is 0 Å². The van der Waals surface area contributed by atoms with Gasteiger partial charge in [-0.3, -0.25) is 4.79 Å². The predicted octanol–water partition coefficient (Wildman–Crippen LogP) is 3.77. The molecule has 1 fully saturated rings. The average molecular weight is 409 g/mol. The fraction of sp³-hybridized carbons (Fsp3) is 0.227. The van der Waals surface area contributed by atoms with E-state index >= 15 is 0 Å². The second-order valence-corrected chi connectivity index (χ2v) is 7.20. The lowest BCUT2D eigenvalue weighted by molar-refractivity contribution is 0.0743. The van der Waals surface area contributed by atoms with Gasteiger partial charge in [-0.1, -0.05) is 41.9 Å². The van der Waals surface area contributed by atoms with Gasteiger partial charge in [-0.05, 0) is 30.3 Å². The first-order valence-electron chi connectivity index (χ1n) is 9.42. The second kappa shape index (κ2) is 8.49. The first-order chi connectivity index (χ1) is 14.2. The molecule has 1 amide bonds. The lowest BCUT2D eigenvalue weighted by Gasteiger charge is -2.35. The van der Waals surface area contributed by atoms with Crippen LogP contribution in [0.15, 0.2) is 60.7 Å². The van der Waals surface area contributed by atoms with Gasteiger partial charge in [0.15, 0.2) is 5.82 Å². The van der Waals surface area contributed by atoms with Crippen molar-refractivity contribution in [3.8, 4) is 17.0 Å². The molecule has 2 heterocycles. The van der Waals surface area contributed by atoms with Crippen LogP contribution >= 0.6 is 11.6 Å². The van der Waals surface area contributed by atoms with Gasteiger partial charge in [0.1, 0.15) is 5.75 Å². The molecule has 1 aliphatic rings. The second-order valence-electron chi connectivity index (χ2n) is 6.77. The summed E-state index contributed by atoms with van der Waals surface area (Å²) in [5.41, 5.74) is 2.37. The van der Waals surface area contributed by atoms with Gasteiger partial charge >= 0.3 is 0 Å². The molecule has 1 aromatic heterocycles. The zero-order chi connectivity index (χ0) is 20.2. The average Bonchev–Trinajstić information content (AvgIpc) is 2.79. The van der Waals surface area contributed by atoms with Crippen molar-refractivity contribution in [2.45, 2.75) is 0 Å². The van der Waals surface area contributed by atoms with Crippen molar-refractivity contribution in [1.82, 2.24) is 15.1 Å². The van der Waals surface area contributed by atoms with E-state index in [4.69, 9.17) is 16.3 Å². The molecule has 0 saturated carbocycles. The number of anilines is 1. The summed E-state index contributed by atoms with van der Waals surface area (Å²) in [5, 5.41) is 9.25. The summed E-state index contributed by atoms with van der Waals surface area (Å²) in [7, 11) is 1.55. The van der Waals surface area contributed by atoms with Crippen molar-refractivity contribution < 1.29 is 9.53 Å². The number of aromatic nitrogens is 2. The molecule has 1 aliphatic heterocycles. The van der Waals surface area contributed by atoms with E-state index in [0.717, 1.165) is 17.1 Å². The molecule has 0 spiro atoms. The molecule has 2 aromatic carbocycles. The topological polar surface area (TPSA) is 58.6 Å². The van der Waals surface area contributed by atoms with E-state index in [0.29, 0.717) is 42.5 Å².